The molecule has 1 unspecified atom stereocenters. The van der Waals surface area contributed by atoms with Crippen LogP contribution in [-0.4, -0.2) is 21.3 Å². The van der Waals surface area contributed by atoms with E-state index in [9.17, 15) is 18.0 Å². The molecule has 0 N–H and O–H groups in total. The van der Waals surface area contributed by atoms with Crippen LogP contribution < -0.4 is 0 Å². The van der Waals surface area contributed by atoms with Crippen LogP contribution in [0.1, 0.15) is 37.9 Å². The number of alkyl halides is 3. The van der Waals surface area contributed by atoms with E-state index in [1.807, 2.05) is 20.8 Å². The summed E-state index contributed by atoms with van der Waals surface area (Å²) in [6, 6.07) is 3.72. The van der Waals surface area contributed by atoms with Crippen LogP contribution in [0.2, 0.25) is 0 Å². The summed E-state index contributed by atoms with van der Waals surface area (Å²) in [5.41, 5.74) is -0.857. The third kappa shape index (κ3) is 5.38. The second-order valence-corrected chi connectivity index (χ2v) is 7.20. The monoisotopic (exact) mass is 316 g/mol. The molecule has 1 heterocycles. The summed E-state index contributed by atoms with van der Waals surface area (Å²) >= 11 is 1.38. The molecule has 0 fully saturated rings. The maximum Gasteiger partial charge on any atom is 0.417 e. The Balaban J connectivity index is 2.86. The number of aromatic nitrogens is 1. The van der Waals surface area contributed by atoms with Gasteiger partial charge in [-0.15, -0.1) is 11.8 Å². The van der Waals surface area contributed by atoms with Gasteiger partial charge >= 0.3 is 6.18 Å². The zero-order valence-electron chi connectivity index (χ0n) is 11.9. The van der Waals surface area contributed by atoms with Gasteiger partial charge in [0.25, 0.3) is 0 Å². The van der Waals surface area contributed by atoms with Crippen molar-refractivity contribution < 1.29 is 18.0 Å². The Morgan fingerprint density at radius 1 is 1.38 bits per heavy atom. The van der Waals surface area contributed by atoms with Crippen LogP contribution in [0, 0.1) is 11.3 Å². The minimum Gasteiger partial charge on any atom is -0.297 e. The van der Waals surface area contributed by atoms with Crippen LogP contribution in [0.3, 0.4) is 0 Å². The summed E-state index contributed by atoms with van der Waals surface area (Å²) in [5.74, 6) is -1.38. The maximum absolute atomic E-state index is 12.4. The minimum atomic E-state index is -4.49. The summed E-state index contributed by atoms with van der Waals surface area (Å²) in [5, 5.41) is 9.07. The fourth-order valence-corrected chi connectivity index (χ4v) is 2.16. The van der Waals surface area contributed by atoms with E-state index in [2.05, 4.69) is 4.98 Å². The van der Waals surface area contributed by atoms with Gasteiger partial charge in [0.05, 0.1) is 23.1 Å². The Kier molecular flexibility index (Phi) is 5.40. The van der Waals surface area contributed by atoms with E-state index in [0.717, 1.165) is 12.1 Å². The number of hydrogen-bond donors (Lipinski definition) is 0. The van der Waals surface area contributed by atoms with Crippen molar-refractivity contribution in [3.05, 3.63) is 29.6 Å². The van der Waals surface area contributed by atoms with Crippen molar-refractivity contribution in [3.63, 3.8) is 0 Å². The zero-order valence-corrected chi connectivity index (χ0v) is 12.7. The quantitative estimate of drug-likeness (QED) is 0.847. The Morgan fingerprint density at radius 2 is 2.00 bits per heavy atom. The second kappa shape index (κ2) is 6.48. The Hall–Kier alpha value is -1.55. The van der Waals surface area contributed by atoms with Gasteiger partial charge in [0.1, 0.15) is 5.92 Å². The van der Waals surface area contributed by atoms with Crippen LogP contribution in [0.25, 0.3) is 0 Å². The SMILES string of the molecule is CC(C)(C)SCC(=O)C(C#N)c1ccc(C(F)(F)F)cn1. The third-order valence-electron chi connectivity index (χ3n) is 2.51. The molecule has 0 saturated carbocycles. The van der Waals surface area contributed by atoms with Crippen LogP contribution in [0.5, 0.6) is 0 Å². The van der Waals surface area contributed by atoms with Crippen molar-refractivity contribution in [2.24, 2.45) is 0 Å². The number of carbonyl (C=O) groups is 1. The Bertz CT molecular complexity index is 541. The van der Waals surface area contributed by atoms with E-state index in [0.29, 0.717) is 6.20 Å². The van der Waals surface area contributed by atoms with E-state index in [1.165, 1.54) is 11.8 Å². The first kappa shape index (κ1) is 17.5. The molecule has 1 atom stereocenters. The summed E-state index contributed by atoms with van der Waals surface area (Å²) in [4.78, 5) is 15.6. The smallest absolute Gasteiger partial charge is 0.297 e. The lowest BCUT2D eigenvalue weighted by atomic mass is 10.0. The molecule has 0 aliphatic rings. The molecule has 0 saturated heterocycles. The number of nitriles is 1. The average molecular weight is 316 g/mol. The van der Waals surface area contributed by atoms with Gasteiger partial charge < -0.3 is 0 Å². The Labute approximate surface area is 125 Å². The first-order valence-electron chi connectivity index (χ1n) is 6.14. The lowest BCUT2D eigenvalue weighted by Gasteiger charge is -2.17. The number of ketones is 1. The van der Waals surface area contributed by atoms with Gasteiger partial charge in [-0.25, -0.2) is 0 Å². The molecule has 0 aliphatic carbocycles. The molecule has 0 aliphatic heterocycles. The largest absolute Gasteiger partial charge is 0.417 e. The fraction of sp³-hybridized carbons (Fsp3) is 0.500. The van der Waals surface area contributed by atoms with Gasteiger partial charge in [-0.1, -0.05) is 20.8 Å². The van der Waals surface area contributed by atoms with Gasteiger partial charge in [0.15, 0.2) is 5.78 Å². The predicted molar refractivity (Wildman–Crippen MR) is 74.8 cm³/mol. The van der Waals surface area contributed by atoms with Gasteiger partial charge in [-0.3, -0.25) is 9.78 Å². The molecule has 0 bridgehead atoms. The van der Waals surface area contributed by atoms with Crippen molar-refractivity contribution in [1.29, 1.82) is 5.26 Å². The van der Waals surface area contributed by atoms with Crippen LogP contribution in [0.15, 0.2) is 18.3 Å². The molecule has 1 aromatic heterocycles. The number of carbonyl (C=O) groups excluding carboxylic acids is 1. The van der Waals surface area contributed by atoms with Crippen LogP contribution >= 0.6 is 11.8 Å². The number of pyridine rings is 1. The van der Waals surface area contributed by atoms with Crippen molar-refractivity contribution in [2.45, 2.75) is 37.6 Å². The molecule has 21 heavy (non-hydrogen) atoms. The predicted octanol–water partition coefficient (Wildman–Crippen LogP) is 3.81. The van der Waals surface area contributed by atoms with Gasteiger partial charge in [-0.05, 0) is 12.1 Å². The minimum absolute atomic E-state index is 0.0463. The molecule has 0 spiro atoms. The lowest BCUT2D eigenvalue weighted by molar-refractivity contribution is -0.137. The third-order valence-corrected chi connectivity index (χ3v) is 3.80. The standard InChI is InChI=1S/C14H15F3N2OS/c1-13(2,3)21-8-12(20)10(6-18)11-5-4-9(7-19-11)14(15,16)17/h4-5,7,10H,8H2,1-3H3. The van der Waals surface area contributed by atoms with Crippen molar-refractivity contribution in [1.82, 2.24) is 4.98 Å². The summed E-state index contributed by atoms with van der Waals surface area (Å²) in [6.45, 7) is 5.80. The molecule has 7 heteroatoms. The first-order chi connectivity index (χ1) is 9.54. The van der Waals surface area contributed by atoms with E-state index in [4.69, 9.17) is 5.26 Å². The molecule has 1 rings (SSSR count). The molecule has 0 aromatic carbocycles. The number of rotatable bonds is 4. The van der Waals surface area contributed by atoms with Gasteiger partial charge in [0.2, 0.25) is 0 Å². The van der Waals surface area contributed by atoms with Gasteiger partial charge in [0, 0.05) is 10.9 Å². The number of Topliss-reactive ketones (excluding diaryl/α,β-unsaturated/α-hetero) is 1. The Morgan fingerprint density at radius 3 is 2.38 bits per heavy atom. The fourth-order valence-electron chi connectivity index (χ4n) is 1.42. The molecular formula is C14H15F3N2OS. The van der Waals surface area contributed by atoms with Gasteiger partial charge in [-0.2, -0.15) is 18.4 Å². The molecular weight excluding hydrogens is 301 g/mol. The van der Waals surface area contributed by atoms with Crippen LogP contribution in [0.4, 0.5) is 13.2 Å². The number of nitrogens with zero attached hydrogens (tertiary/aromatic N) is 2. The topological polar surface area (TPSA) is 53.8 Å². The van der Waals surface area contributed by atoms with E-state index in [-0.39, 0.29) is 22.0 Å². The maximum atomic E-state index is 12.4. The van der Waals surface area contributed by atoms with E-state index >= 15 is 0 Å². The van der Waals surface area contributed by atoms with E-state index < -0.39 is 17.7 Å². The van der Waals surface area contributed by atoms with E-state index in [1.54, 1.807) is 6.07 Å². The zero-order chi connectivity index (χ0) is 16.3. The molecule has 3 nitrogen and oxygen atoms in total. The lowest BCUT2D eigenvalue weighted by Crippen LogP contribution is -2.19. The number of hydrogen-bond acceptors (Lipinski definition) is 4. The first-order valence-corrected chi connectivity index (χ1v) is 7.12. The molecule has 1 aromatic rings. The van der Waals surface area contributed by atoms with Crippen molar-refractivity contribution >= 4 is 17.5 Å². The molecule has 0 amide bonds. The van der Waals surface area contributed by atoms with Crippen LogP contribution in [-0.2, 0) is 11.0 Å². The summed E-state index contributed by atoms with van der Waals surface area (Å²) < 4.78 is 37.2. The highest BCUT2D eigenvalue weighted by Gasteiger charge is 2.31. The second-order valence-electron chi connectivity index (χ2n) is 5.40. The average Bonchev–Trinajstić information content (AvgIpc) is 2.36. The summed E-state index contributed by atoms with van der Waals surface area (Å²) in [7, 11) is 0. The normalized spacial score (nSPS) is 13.6. The molecule has 0 radical (unpaired) electrons. The summed E-state index contributed by atoms with van der Waals surface area (Å²) in [6.07, 6.45) is -3.84. The highest BCUT2D eigenvalue weighted by molar-refractivity contribution is 8.01. The van der Waals surface area contributed by atoms with Crippen molar-refractivity contribution in [2.75, 3.05) is 5.75 Å². The van der Waals surface area contributed by atoms with Crippen molar-refractivity contribution in [3.8, 4) is 6.07 Å². The number of thioether (sulfide) groups is 1. The molecule has 114 valence electrons. The highest BCUT2D eigenvalue weighted by Crippen LogP contribution is 2.30. The highest BCUT2D eigenvalue weighted by atomic mass is 32.2. The number of halogens is 3.